The van der Waals surface area contributed by atoms with Crippen LogP contribution in [-0.2, 0) is 19.7 Å². The number of rotatable bonds is 5. The van der Waals surface area contributed by atoms with Crippen LogP contribution >= 0.6 is 23.2 Å². The number of carbonyl (C=O) groups is 2. The SMILES string of the molecule is CN(CC(=O)Nc1ccccc1)C(=O)C1(c2ccc(Cl)cc2Cl)CCOCC1. The molecule has 7 heteroatoms. The van der Waals surface area contributed by atoms with E-state index < -0.39 is 5.41 Å². The van der Waals surface area contributed by atoms with Crippen LogP contribution in [0.5, 0.6) is 0 Å². The first kappa shape index (κ1) is 20.6. The number of carbonyl (C=O) groups excluding carboxylic acids is 2. The van der Waals surface area contributed by atoms with Gasteiger partial charge in [0.25, 0.3) is 0 Å². The highest BCUT2D eigenvalue weighted by Crippen LogP contribution is 2.41. The highest BCUT2D eigenvalue weighted by molar-refractivity contribution is 6.35. The summed E-state index contributed by atoms with van der Waals surface area (Å²) in [5.41, 5.74) is 0.582. The molecule has 28 heavy (non-hydrogen) atoms. The molecular weight excluding hydrogens is 399 g/mol. The van der Waals surface area contributed by atoms with Gasteiger partial charge in [0, 0.05) is 36.0 Å². The Labute approximate surface area is 174 Å². The van der Waals surface area contributed by atoms with Gasteiger partial charge in [-0.2, -0.15) is 0 Å². The van der Waals surface area contributed by atoms with Gasteiger partial charge in [0.15, 0.2) is 0 Å². The van der Waals surface area contributed by atoms with Crippen molar-refractivity contribution in [3.05, 3.63) is 64.1 Å². The fraction of sp³-hybridized carbons (Fsp3) is 0.333. The summed E-state index contributed by atoms with van der Waals surface area (Å²) in [5, 5.41) is 3.76. The first-order valence-corrected chi connectivity index (χ1v) is 9.82. The minimum atomic E-state index is -0.832. The average Bonchev–Trinajstić information content (AvgIpc) is 2.68. The third-order valence-corrected chi connectivity index (χ3v) is 5.54. The van der Waals surface area contributed by atoms with E-state index in [4.69, 9.17) is 27.9 Å². The van der Waals surface area contributed by atoms with E-state index in [2.05, 4.69) is 5.32 Å². The lowest BCUT2D eigenvalue weighted by Crippen LogP contribution is -2.50. The molecule has 0 aliphatic carbocycles. The Bertz CT molecular complexity index is 852. The summed E-state index contributed by atoms with van der Waals surface area (Å²) in [6, 6.07) is 14.3. The summed E-state index contributed by atoms with van der Waals surface area (Å²) in [6.45, 7) is 0.852. The number of halogens is 2. The molecule has 0 unspecified atom stereocenters. The van der Waals surface area contributed by atoms with Crippen LogP contribution in [0.25, 0.3) is 0 Å². The first-order valence-electron chi connectivity index (χ1n) is 9.06. The number of hydrogen-bond acceptors (Lipinski definition) is 3. The highest BCUT2D eigenvalue weighted by atomic mass is 35.5. The fourth-order valence-corrected chi connectivity index (χ4v) is 4.16. The molecule has 5 nitrogen and oxygen atoms in total. The molecule has 2 aromatic rings. The van der Waals surface area contributed by atoms with Gasteiger partial charge in [0.2, 0.25) is 11.8 Å². The summed E-state index contributed by atoms with van der Waals surface area (Å²) >= 11 is 12.5. The van der Waals surface area contributed by atoms with Crippen molar-refractivity contribution in [2.45, 2.75) is 18.3 Å². The first-order chi connectivity index (χ1) is 13.4. The van der Waals surface area contributed by atoms with Gasteiger partial charge in [-0.1, -0.05) is 47.5 Å². The number of anilines is 1. The largest absolute Gasteiger partial charge is 0.381 e. The number of hydrogen-bond donors (Lipinski definition) is 1. The fourth-order valence-electron chi connectivity index (χ4n) is 3.57. The lowest BCUT2D eigenvalue weighted by Gasteiger charge is -2.39. The Morgan fingerprint density at radius 3 is 2.43 bits per heavy atom. The van der Waals surface area contributed by atoms with Crippen molar-refractivity contribution in [3.8, 4) is 0 Å². The molecular formula is C21H22Cl2N2O3. The second kappa shape index (κ2) is 8.95. The number of nitrogens with one attached hydrogen (secondary N) is 1. The number of benzene rings is 2. The molecule has 1 aliphatic heterocycles. The Hall–Kier alpha value is -2.08. The van der Waals surface area contributed by atoms with E-state index in [9.17, 15) is 9.59 Å². The Kier molecular flexibility index (Phi) is 6.60. The van der Waals surface area contributed by atoms with Crippen molar-refractivity contribution < 1.29 is 14.3 Å². The van der Waals surface area contributed by atoms with E-state index in [0.717, 1.165) is 5.56 Å². The van der Waals surface area contributed by atoms with E-state index in [1.54, 1.807) is 37.4 Å². The Balaban J connectivity index is 1.80. The predicted molar refractivity (Wildman–Crippen MR) is 111 cm³/mol. The third-order valence-electron chi connectivity index (χ3n) is 4.99. The molecule has 1 aliphatic rings. The molecule has 1 fully saturated rings. The van der Waals surface area contributed by atoms with Crippen molar-refractivity contribution >= 4 is 40.7 Å². The Morgan fingerprint density at radius 1 is 1.11 bits per heavy atom. The van der Waals surface area contributed by atoms with Crippen molar-refractivity contribution in [3.63, 3.8) is 0 Å². The normalized spacial score (nSPS) is 15.7. The van der Waals surface area contributed by atoms with E-state index in [1.807, 2.05) is 18.2 Å². The van der Waals surface area contributed by atoms with Gasteiger partial charge in [0.1, 0.15) is 0 Å². The molecule has 0 bridgehead atoms. The summed E-state index contributed by atoms with van der Waals surface area (Å²) in [7, 11) is 1.63. The van der Waals surface area contributed by atoms with E-state index in [1.165, 1.54) is 4.90 Å². The molecule has 2 amide bonds. The van der Waals surface area contributed by atoms with Crippen LogP contribution in [0.4, 0.5) is 5.69 Å². The van der Waals surface area contributed by atoms with Crippen LogP contribution in [0.1, 0.15) is 18.4 Å². The number of likely N-dealkylation sites (N-methyl/N-ethyl adjacent to an activating group) is 1. The smallest absolute Gasteiger partial charge is 0.243 e. The molecule has 3 rings (SSSR count). The molecule has 0 atom stereocenters. The van der Waals surface area contributed by atoms with Crippen molar-refractivity contribution in [2.75, 3.05) is 32.1 Å². The van der Waals surface area contributed by atoms with Crippen LogP contribution in [-0.4, -0.2) is 43.5 Å². The molecule has 148 valence electrons. The van der Waals surface area contributed by atoms with Crippen LogP contribution in [0, 0.1) is 0 Å². The second-order valence-corrected chi connectivity index (χ2v) is 7.74. The van der Waals surface area contributed by atoms with E-state index in [-0.39, 0.29) is 18.4 Å². The van der Waals surface area contributed by atoms with Crippen LogP contribution in [0.2, 0.25) is 10.0 Å². The minimum absolute atomic E-state index is 0.0540. The maximum Gasteiger partial charge on any atom is 0.243 e. The monoisotopic (exact) mass is 420 g/mol. The zero-order chi connectivity index (χ0) is 20.1. The van der Waals surface area contributed by atoms with Crippen LogP contribution in [0.15, 0.2) is 48.5 Å². The van der Waals surface area contributed by atoms with Gasteiger partial charge in [-0.05, 0) is 42.7 Å². The standard InChI is InChI=1S/C21H22Cl2N2O3/c1-25(14-19(26)24-16-5-3-2-4-6-16)20(27)21(9-11-28-12-10-21)17-8-7-15(22)13-18(17)23/h2-8,13H,9-12,14H2,1H3,(H,24,26). The van der Waals surface area contributed by atoms with Gasteiger partial charge in [-0.15, -0.1) is 0 Å². The van der Waals surface area contributed by atoms with E-state index in [0.29, 0.717) is 41.8 Å². The molecule has 0 radical (unpaired) electrons. The van der Waals surface area contributed by atoms with Crippen LogP contribution < -0.4 is 5.32 Å². The van der Waals surface area contributed by atoms with Crippen molar-refractivity contribution in [1.29, 1.82) is 0 Å². The zero-order valence-corrected chi connectivity index (χ0v) is 17.1. The van der Waals surface area contributed by atoms with Crippen LogP contribution in [0.3, 0.4) is 0 Å². The number of amides is 2. The maximum absolute atomic E-state index is 13.4. The molecule has 0 aromatic heterocycles. The molecule has 0 spiro atoms. The summed E-state index contributed by atoms with van der Waals surface area (Å²) in [5.74, 6) is -0.408. The van der Waals surface area contributed by atoms with Gasteiger partial charge in [0.05, 0.1) is 12.0 Å². The Morgan fingerprint density at radius 2 is 1.79 bits per heavy atom. The van der Waals surface area contributed by atoms with Gasteiger partial charge < -0.3 is 15.0 Å². The van der Waals surface area contributed by atoms with E-state index >= 15 is 0 Å². The lowest BCUT2D eigenvalue weighted by atomic mass is 9.73. The molecule has 1 heterocycles. The lowest BCUT2D eigenvalue weighted by molar-refractivity contribution is -0.142. The van der Waals surface area contributed by atoms with Crippen molar-refractivity contribution in [1.82, 2.24) is 4.90 Å². The van der Waals surface area contributed by atoms with Gasteiger partial charge in [-0.3, -0.25) is 9.59 Å². The molecule has 2 aromatic carbocycles. The summed E-state index contributed by atoms with van der Waals surface area (Å²) in [4.78, 5) is 27.3. The van der Waals surface area contributed by atoms with Crippen molar-refractivity contribution in [2.24, 2.45) is 0 Å². The molecule has 1 saturated heterocycles. The second-order valence-electron chi connectivity index (χ2n) is 6.89. The zero-order valence-electron chi connectivity index (χ0n) is 15.6. The highest BCUT2D eigenvalue weighted by Gasteiger charge is 2.44. The topological polar surface area (TPSA) is 58.6 Å². The summed E-state index contributed by atoms with van der Waals surface area (Å²) in [6.07, 6.45) is 0.996. The maximum atomic E-state index is 13.4. The van der Waals surface area contributed by atoms with Gasteiger partial charge in [-0.25, -0.2) is 0 Å². The number of ether oxygens (including phenoxy) is 1. The third kappa shape index (κ3) is 4.49. The number of nitrogens with zero attached hydrogens (tertiary/aromatic N) is 1. The molecule has 1 N–H and O–H groups in total. The summed E-state index contributed by atoms with van der Waals surface area (Å²) < 4.78 is 5.48. The van der Waals surface area contributed by atoms with Gasteiger partial charge >= 0.3 is 0 Å². The predicted octanol–water partition coefficient (Wildman–Crippen LogP) is 4.14. The molecule has 0 saturated carbocycles. The quantitative estimate of drug-likeness (QED) is 0.790. The number of para-hydroxylation sites is 1. The minimum Gasteiger partial charge on any atom is -0.381 e. The average molecular weight is 421 g/mol.